The number of nitrogens with one attached hydrogen (secondary N) is 3. The van der Waals surface area contributed by atoms with E-state index >= 15 is 0 Å². The summed E-state index contributed by atoms with van der Waals surface area (Å²) in [5, 5.41) is 3.05. The van der Waals surface area contributed by atoms with Crippen LogP contribution < -0.4 is 5.32 Å². The number of H-pyrrole nitrogens is 2. The highest BCUT2D eigenvalue weighted by molar-refractivity contribution is 5.72. The Balaban J connectivity index is 1.09. The van der Waals surface area contributed by atoms with E-state index in [4.69, 9.17) is 14.5 Å². The van der Waals surface area contributed by atoms with Gasteiger partial charge in [-0.1, -0.05) is 55.0 Å². The number of carbonyl (C=O) groups is 2. The molecule has 2 aliphatic rings. The average molecular weight is 639 g/mol. The minimum Gasteiger partial charge on any atom is -0.444 e. The fourth-order valence-corrected chi connectivity index (χ4v) is 6.52. The number of aromatic nitrogens is 4. The van der Waals surface area contributed by atoms with Crippen molar-refractivity contribution in [2.24, 2.45) is 0 Å². The van der Waals surface area contributed by atoms with Crippen LogP contribution in [0, 0.1) is 0 Å². The molecular weight excluding hydrogens is 592 g/mol. The first-order valence-electron chi connectivity index (χ1n) is 16.6. The molecule has 0 unspecified atom stereocenters. The minimum absolute atomic E-state index is 0.00261. The Bertz CT molecular complexity index is 1690. The minimum atomic E-state index is -0.536. The predicted octanol–water partition coefficient (Wildman–Crippen LogP) is 8.37. The van der Waals surface area contributed by atoms with Crippen molar-refractivity contribution in [3.05, 3.63) is 72.6 Å². The lowest BCUT2D eigenvalue weighted by atomic mass is 10.0. The summed E-state index contributed by atoms with van der Waals surface area (Å²) in [4.78, 5) is 43.2. The van der Waals surface area contributed by atoms with E-state index in [9.17, 15) is 9.59 Å². The van der Waals surface area contributed by atoms with Gasteiger partial charge >= 0.3 is 12.2 Å². The molecule has 10 nitrogen and oxygen atoms in total. The van der Waals surface area contributed by atoms with E-state index in [1.165, 1.54) is 0 Å². The van der Waals surface area contributed by atoms with Gasteiger partial charge in [-0.3, -0.25) is 4.90 Å². The predicted molar refractivity (Wildman–Crippen MR) is 182 cm³/mol. The Labute approximate surface area is 276 Å². The fraction of sp³-hybridized carbons (Fsp3) is 0.459. The zero-order valence-electron chi connectivity index (χ0n) is 28.2. The number of hydrogen-bond donors (Lipinski definition) is 3. The van der Waals surface area contributed by atoms with Crippen molar-refractivity contribution in [3.63, 3.8) is 0 Å². The monoisotopic (exact) mass is 638 g/mol. The molecule has 3 heterocycles. The lowest BCUT2D eigenvalue weighted by Gasteiger charge is -2.27. The molecule has 248 valence electrons. The van der Waals surface area contributed by atoms with Crippen molar-refractivity contribution in [1.29, 1.82) is 0 Å². The first-order valence-corrected chi connectivity index (χ1v) is 16.6. The number of alkyl carbamates (subject to hydrolysis) is 1. The molecule has 1 aliphatic heterocycles. The molecule has 2 aromatic carbocycles. The summed E-state index contributed by atoms with van der Waals surface area (Å²) in [5.41, 5.74) is 5.11. The Morgan fingerprint density at radius 3 is 1.83 bits per heavy atom. The number of rotatable bonds is 6. The van der Waals surface area contributed by atoms with Crippen LogP contribution in [0.2, 0.25) is 0 Å². The molecule has 4 aromatic rings. The summed E-state index contributed by atoms with van der Waals surface area (Å²) in [6.45, 7) is 11.9. The van der Waals surface area contributed by atoms with Crippen LogP contribution in [0.5, 0.6) is 0 Å². The number of ether oxygens (including phenoxy) is 2. The van der Waals surface area contributed by atoms with E-state index in [1.807, 2.05) is 53.9 Å². The molecule has 2 amide bonds. The molecule has 0 radical (unpaired) electrons. The zero-order chi connectivity index (χ0) is 33.3. The van der Waals surface area contributed by atoms with Crippen molar-refractivity contribution < 1.29 is 19.1 Å². The van der Waals surface area contributed by atoms with Crippen LogP contribution in [-0.4, -0.2) is 60.8 Å². The Hall–Kier alpha value is -4.60. The molecular formula is C37H46N6O4. The second-order valence-electron chi connectivity index (χ2n) is 14.6. The number of amides is 2. The topological polar surface area (TPSA) is 125 Å². The van der Waals surface area contributed by atoms with Crippen LogP contribution in [0.3, 0.4) is 0 Å². The highest BCUT2D eigenvalue weighted by Gasteiger charge is 2.35. The molecule has 47 heavy (non-hydrogen) atoms. The molecule has 2 aromatic heterocycles. The molecule has 3 N–H and O–H groups in total. The summed E-state index contributed by atoms with van der Waals surface area (Å²) in [6.07, 6.45) is 7.71. The van der Waals surface area contributed by atoms with Gasteiger partial charge in [-0.25, -0.2) is 19.6 Å². The number of carbonyl (C=O) groups excluding carboxylic acids is 2. The lowest BCUT2D eigenvalue weighted by molar-refractivity contribution is 0.0218. The number of benzene rings is 2. The quantitative estimate of drug-likeness (QED) is 0.195. The van der Waals surface area contributed by atoms with Crippen LogP contribution >= 0.6 is 0 Å². The van der Waals surface area contributed by atoms with E-state index in [1.54, 1.807) is 4.90 Å². The highest BCUT2D eigenvalue weighted by Crippen LogP contribution is 2.36. The van der Waals surface area contributed by atoms with Gasteiger partial charge in [0.1, 0.15) is 22.9 Å². The SMILES string of the molecule is CC(C)(C)OC(=O)N[C@H]1CCC[C@@H]1c1ncc(-c2ccc(-c3ccc(-c4cnc([C@@H]5CCCN5C(=O)OC(C)(C)C)[nH]4)cc3)cc2)[nH]1. The normalized spacial score (nSPS) is 20.0. The third-order valence-corrected chi connectivity index (χ3v) is 8.68. The highest BCUT2D eigenvalue weighted by atomic mass is 16.6. The van der Waals surface area contributed by atoms with Crippen LogP contribution in [0.4, 0.5) is 9.59 Å². The second-order valence-corrected chi connectivity index (χ2v) is 14.6. The molecule has 10 heteroatoms. The number of hydrogen-bond acceptors (Lipinski definition) is 6. The van der Waals surface area contributed by atoms with E-state index in [0.29, 0.717) is 6.54 Å². The Kier molecular flexibility index (Phi) is 8.87. The number of nitrogens with zero attached hydrogens (tertiary/aromatic N) is 3. The number of likely N-dealkylation sites (tertiary alicyclic amines) is 1. The Morgan fingerprint density at radius 1 is 0.723 bits per heavy atom. The average Bonchev–Trinajstić information content (AvgIpc) is 3.82. The summed E-state index contributed by atoms with van der Waals surface area (Å²) in [7, 11) is 0. The number of aromatic amines is 2. The van der Waals surface area contributed by atoms with Gasteiger partial charge in [0.05, 0.1) is 29.8 Å². The van der Waals surface area contributed by atoms with Gasteiger partial charge in [0.2, 0.25) is 0 Å². The van der Waals surface area contributed by atoms with Crippen molar-refractivity contribution in [2.45, 2.75) is 103 Å². The van der Waals surface area contributed by atoms with E-state index < -0.39 is 11.2 Å². The van der Waals surface area contributed by atoms with Crippen LogP contribution in [0.25, 0.3) is 33.6 Å². The van der Waals surface area contributed by atoms with Gasteiger partial charge in [0.25, 0.3) is 0 Å². The van der Waals surface area contributed by atoms with Gasteiger partial charge < -0.3 is 24.8 Å². The van der Waals surface area contributed by atoms with Gasteiger partial charge in [0, 0.05) is 18.5 Å². The van der Waals surface area contributed by atoms with Crippen LogP contribution in [0.1, 0.15) is 97.3 Å². The maximum atomic E-state index is 12.8. The standard InChI is InChI=1S/C37H46N6O4/c1-36(2,3)46-34(44)42-28-10-7-9-27(28)32-38-21-29(40-32)25-16-12-23(13-17-25)24-14-18-26(19-15-24)30-22-39-33(41-30)31-11-8-20-43(31)35(45)47-37(4,5)6/h12-19,21-22,27-28,31H,7-11,20H2,1-6H3,(H,38,40)(H,39,41)(H,42,44)/t27-,28-,31-/m0/s1. The van der Waals surface area contributed by atoms with Gasteiger partial charge in [-0.15, -0.1) is 0 Å². The smallest absolute Gasteiger partial charge is 0.410 e. The van der Waals surface area contributed by atoms with Crippen molar-refractivity contribution in [1.82, 2.24) is 30.2 Å². The molecule has 1 saturated heterocycles. The van der Waals surface area contributed by atoms with E-state index in [-0.39, 0.29) is 30.2 Å². The maximum Gasteiger partial charge on any atom is 0.410 e. The summed E-state index contributed by atoms with van der Waals surface area (Å²) < 4.78 is 11.1. The summed E-state index contributed by atoms with van der Waals surface area (Å²) in [6, 6.07) is 16.7. The van der Waals surface area contributed by atoms with Gasteiger partial charge in [-0.05, 0) is 89.5 Å². The van der Waals surface area contributed by atoms with Crippen LogP contribution in [0.15, 0.2) is 60.9 Å². The lowest BCUT2D eigenvalue weighted by Crippen LogP contribution is -2.40. The van der Waals surface area contributed by atoms with Crippen molar-refractivity contribution in [3.8, 4) is 33.6 Å². The van der Waals surface area contributed by atoms with Gasteiger partial charge in [0.15, 0.2) is 0 Å². The third kappa shape index (κ3) is 7.69. The van der Waals surface area contributed by atoms with E-state index in [0.717, 1.165) is 77.4 Å². The second kappa shape index (κ2) is 12.9. The molecule has 0 bridgehead atoms. The van der Waals surface area contributed by atoms with Gasteiger partial charge in [-0.2, -0.15) is 0 Å². The summed E-state index contributed by atoms with van der Waals surface area (Å²) >= 11 is 0. The van der Waals surface area contributed by atoms with Crippen LogP contribution in [-0.2, 0) is 9.47 Å². The first-order chi connectivity index (χ1) is 22.3. The molecule has 0 spiro atoms. The molecule has 2 fully saturated rings. The molecule has 6 rings (SSSR count). The zero-order valence-corrected chi connectivity index (χ0v) is 28.2. The van der Waals surface area contributed by atoms with Crippen molar-refractivity contribution in [2.75, 3.05) is 6.54 Å². The van der Waals surface area contributed by atoms with E-state index in [2.05, 4.69) is 68.8 Å². The number of imidazole rings is 2. The summed E-state index contributed by atoms with van der Waals surface area (Å²) in [5.74, 6) is 1.81. The maximum absolute atomic E-state index is 12.8. The first kappa shape index (κ1) is 32.3. The molecule has 1 aliphatic carbocycles. The largest absolute Gasteiger partial charge is 0.444 e. The Morgan fingerprint density at radius 2 is 1.26 bits per heavy atom. The fourth-order valence-electron chi connectivity index (χ4n) is 6.52. The third-order valence-electron chi connectivity index (χ3n) is 8.68. The molecule has 1 saturated carbocycles. The van der Waals surface area contributed by atoms with Crippen molar-refractivity contribution >= 4 is 12.2 Å². The molecule has 3 atom stereocenters.